The predicted octanol–water partition coefficient (Wildman–Crippen LogP) is 7.72. The van der Waals surface area contributed by atoms with E-state index in [4.69, 9.17) is 11.6 Å². The van der Waals surface area contributed by atoms with Crippen LogP contribution in [0.3, 0.4) is 0 Å². The van der Waals surface area contributed by atoms with Crippen molar-refractivity contribution >= 4 is 45.7 Å². The number of aromatic nitrogens is 1. The number of Topliss-reactive ketones (excluding diaryl/α,β-unsaturated/α-hetero) is 2. The number of rotatable bonds is 5. The number of halogens is 1. The van der Waals surface area contributed by atoms with E-state index < -0.39 is 11.7 Å². The Morgan fingerprint density at radius 2 is 1.77 bits per heavy atom. The van der Waals surface area contributed by atoms with E-state index in [0.29, 0.717) is 29.1 Å². The molecule has 2 N–H and O–H groups in total. The molecule has 4 rings (SSSR count). The van der Waals surface area contributed by atoms with Gasteiger partial charge < -0.3 is 10.4 Å². The molecule has 210 valence electrons. The molecule has 1 amide bonds. The van der Waals surface area contributed by atoms with Crippen LogP contribution in [-0.4, -0.2) is 27.6 Å². The molecule has 0 saturated carbocycles. The normalized spacial score (nSPS) is 20.4. The van der Waals surface area contributed by atoms with Gasteiger partial charge in [0.2, 0.25) is 5.91 Å². The summed E-state index contributed by atoms with van der Waals surface area (Å²) in [4.78, 5) is 44.0. The maximum Gasteiger partial charge on any atom is 0.228 e. The summed E-state index contributed by atoms with van der Waals surface area (Å²) in [7, 11) is 0. The number of para-hydroxylation sites is 1. The lowest BCUT2D eigenvalue weighted by molar-refractivity contribution is -0.123. The number of amides is 1. The third kappa shape index (κ3) is 5.55. The van der Waals surface area contributed by atoms with Crippen LogP contribution in [0.25, 0.3) is 10.9 Å². The largest absolute Gasteiger partial charge is 0.512 e. The lowest BCUT2D eigenvalue weighted by Gasteiger charge is -2.37. The van der Waals surface area contributed by atoms with Gasteiger partial charge in [0.05, 0.1) is 22.7 Å². The van der Waals surface area contributed by atoms with E-state index in [1.165, 1.54) is 0 Å². The Labute approximate surface area is 240 Å². The maximum absolute atomic E-state index is 13.3. The van der Waals surface area contributed by atoms with Gasteiger partial charge in [-0.05, 0) is 41.9 Å². The Bertz CT molecular complexity index is 1550. The predicted molar refractivity (Wildman–Crippen MR) is 160 cm³/mol. The van der Waals surface area contributed by atoms with Crippen molar-refractivity contribution in [3.05, 3.63) is 81.8 Å². The van der Waals surface area contributed by atoms with Gasteiger partial charge in [0, 0.05) is 33.9 Å². The Balaban J connectivity index is 1.63. The molecular weight excluding hydrogens is 524 g/mol. The summed E-state index contributed by atoms with van der Waals surface area (Å²) >= 11 is 6.01. The molecule has 0 bridgehead atoms. The lowest BCUT2D eigenvalue weighted by atomic mass is 9.68. The Morgan fingerprint density at radius 3 is 2.35 bits per heavy atom. The number of fused-ring (bicyclic) bond motifs is 1. The molecule has 0 fully saturated rings. The van der Waals surface area contributed by atoms with Crippen LogP contribution < -0.4 is 5.32 Å². The van der Waals surface area contributed by atoms with Gasteiger partial charge in [-0.1, -0.05) is 89.6 Å². The quantitative estimate of drug-likeness (QED) is 0.365. The van der Waals surface area contributed by atoms with Crippen molar-refractivity contribution in [1.82, 2.24) is 4.98 Å². The van der Waals surface area contributed by atoms with Gasteiger partial charge in [0.1, 0.15) is 5.92 Å². The topological polar surface area (TPSA) is 96.4 Å². The highest BCUT2D eigenvalue weighted by atomic mass is 35.5. The minimum absolute atomic E-state index is 0.0376. The number of nitrogens with zero attached hydrogens (tertiary/aromatic N) is 1. The molecule has 0 spiro atoms. The van der Waals surface area contributed by atoms with Crippen molar-refractivity contribution in [2.75, 3.05) is 5.32 Å². The van der Waals surface area contributed by atoms with Gasteiger partial charge in [-0.3, -0.25) is 14.4 Å². The van der Waals surface area contributed by atoms with Gasteiger partial charge in [-0.2, -0.15) is 0 Å². The van der Waals surface area contributed by atoms with Crippen LogP contribution in [0.2, 0.25) is 0 Å². The fourth-order valence-corrected chi connectivity index (χ4v) is 5.78. The van der Waals surface area contributed by atoms with E-state index in [1.54, 1.807) is 25.1 Å². The zero-order valence-electron chi connectivity index (χ0n) is 24.2. The number of carbonyl (C=O) groups excluding carboxylic acids is 3. The molecule has 0 saturated heterocycles. The van der Waals surface area contributed by atoms with E-state index >= 15 is 0 Å². The summed E-state index contributed by atoms with van der Waals surface area (Å²) in [5, 5.41) is 14.9. The molecule has 2 aliphatic rings. The first-order chi connectivity index (χ1) is 18.5. The van der Waals surface area contributed by atoms with E-state index in [0.717, 1.165) is 16.5 Å². The second-order valence-corrected chi connectivity index (χ2v) is 13.3. The van der Waals surface area contributed by atoms with Gasteiger partial charge in [-0.15, -0.1) is 0 Å². The number of hydrogen-bond donors (Lipinski definition) is 2. The van der Waals surface area contributed by atoms with Crippen molar-refractivity contribution in [3.63, 3.8) is 0 Å². The summed E-state index contributed by atoms with van der Waals surface area (Å²) in [5.74, 6) is -1.76. The molecule has 7 heteroatoms. The molecule has 6 nitrogen and oxygen atoms in total. The van der Waals surface area contributed by atoms with Crippen molar-refractivity contribution in [2.24, 2.45) is 16.7 Å². The molecule has 2 aliphatic carbocycles. The zero-order valence-corrected chi connectivity index (χ0v) is 25.0. The first kappa shape index (κ1) is 29.5. The molecule has 2 unspecified atom stereocenters. The summed E-state index contributed by atoms with van der Waals surface area (Å²) in [6.45, 7) is 17.7. The van der Waals surface area contributed by atoms with E-state index in [-0.39, 0.29) is 51.0 Å². The monoisotopic (exact) mass is 560 g/mol. The molecular formula is C33H37ClN2O4. The molecule has 0 aliphatic heterocycles. The highest BCUT2D eigenvalue weighted by molar-refractivity contribution is 6.40. The third-order valence-corrected chi connectivity index (χ3v) is 7.95. The number of benzene rings is 1. The molecule has 1 aromatic heterocycles. The van der Waals surface area contributed by atoms with Gasteiger partial charge in [0.25, 0.3) is 0 Å². The van der Waals surface area contributed by atoms with Crippen molar-refractivity contribution in [1.29, 1.82) is 0 Å². The molecule has 2 atom stereocenters. The van der Waals surface area contributed by atoms with Crippen LogP contribution >= 0.6 is 11.6 Å². The fourth-order valence-electron chi connectivity index (χ4n) is 5.54. The Hall–Kier alpha value is -3.51. The molecule has 40 heavy (non-hydrogen) atoms. The minimum atomic E-state index is -1.09. The molecule has 1 heterocycles. The molecule has 1 aromatic carbocycles. The molecule has 0 radical (unpaired) electrons. The lowest BCUT2D eigenvalue weighted by Crippen LogP contribution is -2.29. The number of pyridine rings is 1. The van der Waals surface area contributed by atoms with Crippen LogP contribution in [0.4, 0.5) is 5.69 Å². The summed E-state index contributed by atoms with van der Waals surface area (Å²) < 4.78 is 0. The number of allylic oxidation sites excluding steroid dienone is 6. The Kier molecular flexibility index (Phi) is 7.72. The fraction of sp³-hybridized carbons (Fsp3) is 0.394. The molecule has 2 aromatic rings. The van der Waals surface area contributed by atoms with E-state index in [9.17, 15) is 19.5 Å². The Morgan fingerprint density at radius 1 is 1.10 bits per heavy atom. The first-order valence-corrected chi connectivity index (χ1v) is 13.8. The highest BCUT2D eigenvalue weighted by Gasteiger charge is 2.41. The van der Waals surface area contributed by atoms with Crippen LogP contribution in [0, 0.1) is 16.7 Å². The summed E-state index contributed by atoms with van der Waals surface area (Å²) in [6.07, 6.45) is 2.72. The standard InChI is InChI=1S/C33H37ClN2O4/c1-17-26(18(2)34)31(40)27(29(17)38)23-13-12-20-10-9-11-24(28(20)36-23)35-25(37)16-19-14-21(32(3,4)5)30(39)22(15-19)33(6,7)8/h9-14,22,27,39H,2,15-16H2,1,3-8H3,(H,35,37). The van der Waals surface area contributed by atoms with Crippen LogP contribution in [0.5, 0.6) is 0 Å². The average Bonchev–Trinajstić information content (AvgIpc) is 3.06. The number of nitrogens with one attached hydrogen (secondary N) is 1. The van der Waals surface area contributed by atoms with Crippen molar-refractivity contribution < 1.29 is 19.5 Å². The summed E-state index contributed by atoms with van der Waals surface area (Å²) in [5.41, 5.74) is 3.06. The number of aliphatic hydroxyl groups is 1. The second kappa shape index (κ2) is 10.5. The third-order valence-electron chi connectivity index (χ3n) is 7.76. The second-order valence-electron chi connectivity index (χ2n) is 12.9. The van der Waals surface area contributed by atoms with E-state index in [2.05, 4.69) is 58.4 Å². The number of ketones is 2. The zero-order chi connectivity index (χ0) is 29.7. The average molecular weight is 561 g/mol. The summed E-state index contributed by atoms with van der Waals surface area (Å²) in [6, 6.07) is 8.88. The number of hydrogen-bond acceptors (Lipinski definition) is 5. The number of anilines is 1. The van der Waals surface area contributed by atoms with Crippen LogP contribution in [0.1, 0.15) is 72.9 Å². The SMILES string of the molecule is C=C(Cl)C1=C(C)C(=O)C(c2ccc3cccc(NC(=O)CC4=CC(C(C)(C)C)=C(O)C(C(C)(C)C)C4)c3n2)C1=O. The van der Waals surface area contributed by atoms with Crippen LogP contribution in [-0.2, 0) is 14.4 Å². The first-order valence-electron chi connectivity index (χ1n) is 13.5. The van der Waals surface area contributed by atoms with Gasteiger partial charge >= 0.3 is 0 Å². The van der Waals surface area contributed by atoms with Crippen LogP contribution in [0.15, 0.2) is 76.1 Å². The smallest absolute Gasteiger partial charge is 0.228 e. The van der Waals surface area contributed by atoms with E-state index in [1.807, 2.05) is 18.2 Å². The minimum Gasteiger partial charge on any atom is -0.512 e. The number of carbonyl (C=O) groups is 3. The van der Waals surface area contributed by atoms with Gasteiger partial charge in [0.15, 0.2) is 11.6 Å². The number of aliphatic hydroxyl groups excluding tert-OH is 1. The highest BCUT2D eigenvalue weighted by Crippen LogP contribution is 2.45. The van der Waals surface area contributed by atoms with Crippen molar-refractivity contribution in [2.45, 2.75) is 67.2 Å². The maximum atomic E-state index is 13.3. The van der Waals surface area contributed by atoms with Gasteiger partial charge in [-0.25, -0.2) is 4.98 Å². The van der Waals surface area contributed by atoms with Crippen molar-refractivity contribution in [3.8, 4) is 0 Å².